The van der Waals surface area contributed by atoms with Crippen LogP contribution in [0.25, 0.3) is 0 Å². The van der Waals surface area contributed by atoms with Crippen LogP contribution < -0.4 is 0 Å². The third kappa shape index (κ3) is 3.85. The Labute approximate surface area is 193 Å². The van der Waals surface area contributed by atoms with Crippen LogP contribution in [0.15, 0.2) is 18.2 Å². The van der Waals surface area contributed by atoms with Gasteiger partial charge in [0.05, 0.1) is 23.3 Å². The topological polar surface area (TPSA) is 101 Å². The molecule has 176 valence electrons. The van der Waals surface area contributed by atoms with Gasteiger partial charge in [0.1, 0.15) is 6.04 Å². The summed E-state index contributed by atoms with van der Waals surface area (Å²) >= 11 is 0. The van der Waals surface area contributed by atoms with Crippen LogP contribution in [-0.2, 0) is 9.53 Å². The van der Waals surface area contributed by atoms with E-state index < -0.39 is 29.8 Å². The van der Waals surface area contributed by atoms with E-state index in [4.69, 9.17) is 4.74 Å². The molecule has 4 saturated carbocycles. The van der Waals surface area contributed by atoms with Gasteiger partial charge in [-0.25, -0.2) is 9.59 Å². The molecule has 5 aliphatic rings. The monoisotopic (exact) mass is 453 g/mol. The molecule has 0 aromatic heterocycles. The highest BCUT2D eigenvalue weighted by molar-refractivity contribution is 6.23. The molecule has 0 spiro atoms. The SMILES string of the molecule is CC(C)C[C@H](C(=O)O)N1C(=O)c2ccc(C(=O)OCC34CC5CC(CC(C5)C3)C4)cc2C1=O. The lowest BCUT2D eigenvalue weighted by Gasteiger charge is -2.56. The number of carbonyl (C=O) groups is 4. The van der Waals surface area contributed by atoms with Crippen LogP contribution in [0.4, 0.5) is 0 Å². The highest BCUT2D eigenvalue weighted by Crippen LogP contribution is 2.60. The number of nitrogens with zero attached hydrogens (tertiary/aromatic N) is 1. The van der Waals surface area contributed by atoms with E-state index in [9.17, 15) is 24.3 Å². The number of ether oxygens (including phenoxy) is 1. The molecule has 1 atom stereocenters. The second-order valence-corrected chi connectivity index (χ2v) is 11.2. The average molecular weight is 454 g/mol. The lowest BCUT2D eigenvalue weighted by molar-refractivity contribution is -0.142. The highest BCUT2D eigenvalue weighted by Gasteiger charge is 2.51. The van der Waals surface area contributed by atoms with Gasteiger partial charge in [-0.2, -0.15) is 0 Å². The zero-order valence-corrected chi connectivity index (χ0v) is 19.2. The first-order valence-electron chi connectivity index (χ1n) is 12.1. The molecule has 7 heteroatoms. The van der Waals surface area contributed by atoms with Crippen LogP contribution in [0, 0.1) is 29.1 Å². The summed E-state index contributed by atoms with van der Waals surface area (Å²) in [7, 11) is 0. The Hall–Kier alpha value is -2.70. The van der Waals surface area contributed by atoms with Crippen molar-refractivity contribution in [2.75, 3.05) is 6.61 Å². The number of fused-ring (bicyclic) bond motifs is 1. The molecule has 4 bridgehead atoms. The van der Waals surface area contributed by atoms with E-state index in [2.05, 4.69) is 0 Å². The number of esters is 1. The third-order valence-corrected chi connectivity index (χ3v) is 8.12. The van der Waals surface area contributed by atoms with Gasteiger partial charge in [-0.3, -0.25) is 14.5 Å². The Morgan fingerprint density at radius 2 is 1.61 bits per heavy atom. The lowest BCUT2D eigenvalue weighted by Crippen LogP contribution is -2.48. The van der Waals surface area contributed by atoms with Crippen LogP contribution in [0.2, 0.25) is 0 Å². The van der Waals surface area contributed by atoms with Gasteiger partial charge in [-0.1, -0.05) is 13.8 Å². The minimum atomic E-state index is -1.23. The highest BCUT2D eigenvalue weighted by atomic mass is 16.5. The fourth-order valence-corrected chi connectivity index (χ4v) is 7.20. The van der Waals surface area contributed by atoms with Crippen molar-refractivity contribution >= 4 is 23.8 Å². The predicted molar refractivity (Wildman–Crippen MR) is 119 cm³/mol. The molecule has 1 aliphatic heterocycles. The maximum absolute atomic E-state index is 13.0. The van der Waals surface area contributed by atoms with Gasteiger partial charge in [0.2, 0.25) is 0 Å². The fourth-order valence-electron chi connectivity index (χ4n) is 7.20. The molecule has 2 amide bonds. The quantitative estimate of drug-likeness (QED) is 0.492. The van der Waals surface area contributed by atoms with E-state index in [0.717, 1.165) is 41.9 Å². The average Bonchev–Trinajstić information content (AvgIpc) is 2.99. The fraction of sp³-hybridized carbons (Fsp3) is 0.615. The first kappa shape index (κ1) is 22.1. The van der Waals surface area contributed by atoms with Crippen LogP contribution in [0.1, 0.15) is 89.9 Å². The van der Waals surface area contributed by atoms with E-state index >= 15 is 0 Å². The van der Waals surface area contributed by atoms with E-state index in [1.807, 2.05) is 13.8 Å². The van der Waals surface area contributed by atoms with Gasteiger partial charge in [-0.05, 0) is 86.8 Å². The van der Waals surface area contributed by atoms with Gasteiger partial charge >= 0.3 is 11.9 Å². The van der Waals surface area contributed by atoms with Crippen LogP contribution in [-0.4, -0.2) is 46.4 Å². The number of carbonyl (C=O) groups excluding carboxylic acids is 3. The molecule has 6 rings (SSSR count). The molecule has 0 saturated heterocycles. The first-order chi connectivity index (χ1) is 15.7. The molecule has 0 radical (unpaired) electrons. The van der Waals surface area contributed by atoms with Crippen molar-refractivity contribution in [3.8, 4) is 0 Å². The van der Waals surface area contributed by atoms with Crippen molar-refractivity contribution in [3.05, 3.63) is 34.9 Å². The molecule has 33 heavy (non-hydrogen) atoms. The van der Waals surface area contributed by atoms with Crippen molar-refractivity contribution in [3.63, 3.8) is 0 Å². The minimum Gasteiger partial charge on any atom is -0.480 e. The molecule has 1 aromatic rings. The van der Waals surface area contributed by atoms with Crippen molar-refractivity contribution in [2.45, 2.75) is 64.8 Å². The largest absolute Gasteiger partial charge is 0.480 e. The number of aliphatic carboxylic acids is 1. The van der Waals surface area contributed by atoms with Gasteiger partial charge < -0.3 is 9.84 Å². The van der Waals surface area contributed by atoms with E-state index in [1.165, 1.54) is 37.5 Å². The zero-order valence-electron chi connectivity index (χ0n) is 19.2. The number of rotatable bonds is 7. The van der Waals surface area contributed by atoms with Gasteiger partial charge in [0, 0.05) is 5.41 Å². The standard InChI is InChI=1S/C26H31NO6/c1-14(2)5-21(24(30)31)27-22(28)19-4-3-18(9-20(19)23(27)29)25(32)33-13-26-10-15-6-16(11-26)8-17(7-15)12-26/h3-4,9,14-17,21H,5-8,10-13H2,1-2H3,(H,30,31)/t15?,16?,17?,21-,26?/m1/s1. The Bertz CT molecular complexity index is 992. The minimum absolute atomic E-state index is 0.00876. The molecule has 7 nitrogen and oxygen atoms in total. The summed E-state index contributed by atoms with van der Waals surface area (Å²) in [4.78, 5) is 51.3. The smallest absolute Gasteiger partial charge is 0.338 e. The number of hydrogen-bond donors (Lipinski definition) is 1. The third-order valence-electron chi connectivity index (χ3n) is 8.12. The Morgan fingerprint density at radius 3 is 2.15 bits per heavy atom. The zero-order chi connectivity index (χ0) is 23.5. The maximum atomic E-state index is 13.0. The summed E-state index contributed by atoms with van der Waals surface area (Å²) in [5.74, 6) is -0.730. The van der Waals surface area contributed by atoms with Crippen molar-refractivity contribution < 1.29 is 29.0 Å². The molecule has 1 heterocycles. The number of carboxylic acid groups (broad SMARTS) is 1. The lowest BCUT2D eigenvalue weighted by atomic mass is 9.50. The summed E-state index contributed by atoms with van der Waals surface area (Å²) in [5, 5.41) is 9.61. The number of benzene rings is 1. The number of carboxylic acids is 1. The van der Waals surface area contributed by atoms with Gasteiger partial charge in [0.25, 0.3) is 11.8 Å². The van der Waals surface area contributed by atoms with Crippen molar-refractivity contribution in [2.24, 2.45) is 29.1 Å². The van der Waals surface area contributed by atoms with Crippen LogP contribution in [0.5, 0.6) is 0 Å². The summed E-state index contributed by atoms with van der Waals surface area (Å²) in [6.07, 6.45) is 7.51. The maximum Gasteiger partial charge on any atom is 0.338 e. The molecule has 4 fully saturated rings. The molecule has 4 aliphatic carbocycles. The summed E-state index contributed by atoms with van der Waals surface area (Å²) in [5.41, 5.74) is 0.513. The normalized spacial score (nSPS) is 30.6. The van der Waals surface area contributed by atoms with Crippen LogP contribution >= 0.6 is 0 Å². The molecule has 0 unspecified atom stereocenters. The Kier molecular flexibility index (Phi) is 5.33. The second-order valence-electron chi connectivity index (χ2n) is 11.2. The number of hydrogen-bond acceptors (Lipinski definition) is 5. The summed E-state index contributed by atoms with van der Waals surface area (Å²) in [6.45, 7) is 4.08. The van der Waals surface area contributed by atoms with Crippen molar-refractivity contribution in [1.29, 1.82) is 0 Å². The van der Waals surface area contributed by atoms with E-state index in [0.29, 0.717) is 6.61 Å². The van der Waals surface area contributed by atoms with Gasteiger partial charge in [-0.15, -0.1) is 0 Å². The summed E-state index contributed by atoms with van der Waals surface area (Å²) in [6, 6.07) is 3.08. The summed E-state index contributed by atoms with van der Waals surface area (Å²) < 4.78 is 5.76. The molecular weight excluding hydrogens is 422 g/mol. The van der Waals surface area contributed by atoms with E-state index in [1.54, 1.807) is 0 Å². The molecular formula is C26H31NO6. The van der Waals surface area contributed by atoms with Crippen LogP contribution in [0.3, 0.4) is 0 Å². The Morgan fingerprint density at radius 1 is 1.03 bits per heavy atom. The predicted octanol–water partition coefficient (Wildman–Crippen LogP) is 4.16. The molecule has 1 aromatic carbocycles. The number of amides is 2. The first-order valence-corrected chi connectivity index (χ1v) is 12.1. The van der Waals surface area contributed by atoms with E-state index in [-0.39, 0.29) is 34.4 Å². The second kappa shape index (κ2) is 7.96. The molecule has 1 N–H and O–H groups in total. The number of imide groups is 1. The van der Waals surface area contributed by atoms with Crippen molar-refractivity contribution in [1.82, 2.24) is 4.90 Å². The van der Waals surface area contributed by atoms with Gasteiger partial charge in [0.15, 0.2) is 0 Å². The Balaban J connectivity index is 1.31.